The molecule has 0 bridgehead atoms. The monoisotopic (exact) mass is 324 g/mol. The van der Waals surface area contributed by atoms with Crippen molar-refractivity contribution in [1.29, 1.82) is 0 Å². The Balaban J connectivity index is 1.94. The summed E-state index contributed by atoms with van der Waals surface area (Å²) in [6, 6.07) is 8.71. The fraction of sp³-hybridized carbons (Fsp3) is 0.647. The van der Waals surface area contributed by atoms with Gasteiger partial charge in [0.15, 0.2) is 0 Å². The van der Waals surface area contributed by atoms with Crippen LogP contribution in [0.5, 0.6) is 0 Å². The first-order chi connectivity index (χ1) is 9.00. The third-order valence-electron chi connectivity index (χ3n) is 4.23. The van der Waals surface area contributed by atoms with Crippen LogP contribution in [0, 0.1) is 12.3 Å². The van der Waals surface area contributed by atoms with Crippen molar-refractivity contribution in [1.82, 2.24) is 0 Å². The maximum Gasteiger partial charge on any atom is 0.0925 e. The third kappa shape index (κ3) is 4.32. The van der Waals surface area contributed by atoms with Crippen molar-refractivity contribution in [2.75, 3.05) is 5.33 Å². The molecule has 0 amide bonds. The Morgan fingerprint density at radius 1 is 1.21 bits per heavy atom. The smallest absolute Gasteiger partial charge is 0.0925 e. The lowest BCUT2D eigenvalue weighted by Crippen LogP contribution is -2.28. The normalized spacial score (nSPS) is 21.3. The Bertz CT molecular complexity index is 386. The van der Waals surface area contributed by atoms with Gasteiger partial charge in [-0.25, -0.2) is 0 Å². The van der Waals surface area contributed by atoms with Gasteiger partial charge in [0, 0.05) is 5.33 Å². The molecule has 1 saturated carbocycles. The first-order valence-corrected chi connectivity index (χ1v) is 8.40. The van der Waals surface area contributed by atoms with Crippen molar-refractivity contribution in [3.05, 3.63) is 35.4 Å². The van der Waals surface area contributed by atoms with Crippen LogP contribution in [0.25, 0.3) is 0 Å². The van der Waals surface area contributed by atoms with Crippen molar-refractivity contribution in [2.45, 2.75) is 58.7 Å². The summed E-state index contributed by atoms with van der Waals surface area (Å²) in [5.41, 5.74) is 3.09. The SMILES string of the molecule is Cc1ccc(C(CBr)OC2CCC(C)(C)CC2)cc1. The average Bonchev–Trinajstić information content (AvgIpc) is 2.39. The molecule has 1 unspecified atom stereocenters. The molecule has 1 aliphatic rings. The molecule has 1 aromatic carbocycles. The van der Waals surface area contributed by atoms with Crippen LogP contribution in [0.3, 0.4) is 0 Å². The second-order valence-corrected chi connectivity index (χ2v) is 7.20. The Kier molecular flexibility index (Phi) is 5.08. The third-order valence-corrected chi connectivity index (χ3v) is 4.82. The topological polar surface area (TPSA) is 9.23 Å². The van der Waals surface area contributed by atoms with Crippen LogP contribution in [-0.4, -0.2) is 11.4 Å². The van der Waals surface area contributed by atoms with Crippen LogP contribution >= 0.6 is 15.9 Å². The summed E-state index contributed by atoms with van der Waals surface area (Å²) in [5.74, 6) is 0. The van der Waals surface area contributed by atoms with Gasteiger partial charge in [-0.05, 0) is 43.6 Å². The van der Waals surface area contributed by atoms with E-state index < -0.39 is 0 Å². The van der Waals surface area contributed by atoms with E-state index in [1.807, 2.05) is 0 Å². The van der Waals surface area contributed by atoms with Crippen molar-refractivity contribution in [2.24, 2.45) is 5.41 Å². The lowest BCUT2D eigenvalue weighted by molar-refractivity contribution is -0.0364. The fourth-order valence-corrected chi connectivity index (χ4v) is 3.25. The zero-order valence-electron chi connectivity index (χ0n) is 12.3. The van der Waals surface area contributed by atoms with E-state index >= 15 is 0 Å². The van der Waals surface area contributed by atoms with Crippen molar-refractivity contribution in [3.8, 4) is 0 Å². The maximum atomic E-state index is 6.31. The van der Waals surface area contributed by atoms with Gasteiger partial charge in [-0.1, -0.05) is 59.6 Å². The van der Waals surface area contributed by atoms with Crippen LogP contribution in [0.2, 0.25) is 0 Å². The van der Waals surface area contributed by atoms with E-state index in [-0.39, 0.29) is 6.10 Å². The highest BCUT2D eigenvalue weighted by Gasteiger charge is 2.28. The number of hydrogen-bond acceptors (Lipinski definition) is 1. The minimum Gasteiger partial charge on any atom is -0.369 e. The highest BCUT2D eigenvalue weighted by molar-refractivity contribution is 9.09. The van der Waals surface area contributed by atoms with Gasteiger partial charge in [0.05, 0.1) is 12.2 Å². The Labute approximate surface area is 125 Å². The molecule has 1 atom stereocenters. The van der Waals surface area contributed by atoms with Crippen molar-refractivity contribution < 1.29 is 4.74 Å². The van der Waals surface area contributed by atoms with Gasteiger partial charge in [-0.2, -0.15) is 0 Å². The summed E-state index contributed by atoms with van der Waals surface area (Å²) >= 11 is 3.60. The highest BCUT2D eigenvalue weighted by atomic mass is 79.9. The predicted molar refractivity (Wildman–Crippen MR) is 84.8 cm³/mol. The summed E-state index contributed by atoms with van der Waals surface area (Å²) in [6.07, 6.45) is 5.56. The lowest BCUT2D eigenvalue weighted by Gasteiger charge is -2.35. The highest BCUT2D eigenvalue weighted by Crippen LogP contribution is 2.38. The lowest BCUT2D eigenvalue weighted by atomic mass is 9.76. The van der Waals surface area contributed by atoms with Gasteiger partial charge < -0.3 is 4.74 Å². The summed E-state index contributed by atoms with van der Waals surface area (Å²) in [4.78, 5) is 0. The van der Waals surface area contributed by atoms with E-state index in [2.05, 4.69) is 61.0 Å². The van der Waals surface area contributed by atoms with Crippen LogP contribution in [0.1, 0.15) is 56.8 Å². The number of halogens is 1. The molecular formula is C17H25BrO. The molecule has 1 nitrogen and oxygen atoms in total. The molecule has 2 heteroatoms. The van der Waals surface area contributed by atoms with Crippen LogP contribution in [0.4, 0.5) is 0 Å². The molecule has 2 rings (SSSR count). The number of alkyl halides is 1. The van der Waals surface area contributed by atoms with Gasteiger partial charge in [-0.3, -0.25) is 0 Å². The van der Waals surface area contributed by atoms with E-state index in [1.165, 1.54) is 36.8 Å². The number of rotatable bonds is 4. The first kappa shape index (κ1) is 15.1. The number of aryl methyl sites for hydroxylation is 1. The zero-order chi connectivity index (χ0) is 13.9. The molecular weight excluding hydrogens is 300 g/mol. The Hall–Kier alpha value is -0.340. The molecule has 0 aliphatic heterocycles. The second-order valence-electron chi connectivity index (χ2n) is 6.55. The predicted octanol–water partition coefficient (Wildman–Crippen LogP) is 5.42. The minimum absolute atomic E-state index is 0.187. The van der Waals surface area contributed by atoms with E-state index in [9.17, 15) is 0 Å². The molecule has 0 aromatic heterocycles. The maximum absolute atomic E-state index is 6.31. The Morgan fingerprint density at radius 2 is 1.79 bits per heavy atom. The quantitative estimate of drug-likeness (QED) is 0.672. The standard InChI is InChI=1S/C17H25BrO/c1-13-4-6-14(7-5-13)16(12-18)19-15-8-10-17(2,3)11-9-15/h4-7,15-16H,8-12H2,1-3H3. The molecule has 0 spiro atoms. The summed E-state index contributed by atoms with van der Waals surface area (Å²) in [5, 5.41) is 0.871. The van der Waals surface area contributed by atoms with Gasteiger partial charge in [0.25, 0.3) is 0 Å². The molecule has 0 heterocycles. The first-order valence-electron chi connectivity index (χ1n) is 7.28. The zero-order valence-corrected chi connectivity index (χ0v) is 13.9. The van der Waals surface area contributed by atoms with Gasteiger partial charge in [0.1, 0.15) is 0 Å². The van der Waals surface area contributed by atoms with Crippen molar-refractivity contribution >= 4 is 15.9 Å². The molecule has 1 aromatic rings. The molecule has 0 N–H and O–H groups in total. The molecule has 0 radical (unpaired) electrons. The molecule has 106 valence electrons. The van der Waals surface area contributed by atoms with Gasteiger partial charge in [-0.15, -0.1) is 0 Å². The number of hydrogen-bond donors (Lipinski definition) is 0. The number of ether oxygens (including phenoxy) is 1. The second kappa shape index (κ2) is 6.41. The van der Waals surface area contributed by atoms with Crippen LogP contribution in [-0.2, 0) is 4.74 Å². The van der Waals surface area contributed by atoms with E-state index in [1.54, 1.807) is 0 Å². The van der Waals surface area contributed by atoms with Crippen LogP contribution in [0.15, 0.2) is 24.3 Å². The summed E-state index contributed by atoms with van der Waals surface area (Å²) in [7, 11) is 0. The van der Waals surface area contributed by atoms with Gasteiger partial charge in [0.2, 0.25) is 0 Å². The molecule has 0 saturated heterocycles. The van der Waals surface area contributed by atoms with E-state index in [4.69, 9.17) is 4.74 Å². The van der Waals surface area contributed by atoms with E-state index in [0.29, 0.717) is 11.5 Å². The van der Waals surface area contributed by atoms with Crippen LogP contribution < -0.4 is 0 Å². The molecule has 1 aliphatic carbocycles. The molecule has 19 heavy (non-hydrogen) atoms. The van der Waals surface area contributed by atoms with Gasteiger partial charge >= 0.3 is 0 Å². The molecule has 1 fully saturated rings. The number of benzene rings is 1. The summed E-state index contributed by atoms with van der Waals surface area (Å²) in [6.45, 7) is 6.85. The fourth-order valence-electron chi connectivity index (χ4n) is 2.73. The summed E-state index contributed by atoms with van der Waals surface area (Å²) < 4.78 is 6.31. The van der Waals surface area contributed by atoms with Crippen molar-refractivity contribution in [3.63, 3.8) is 0 Å². The minimum atomic E-state index is 0.187. The average molecular weight is 325 g/mol. The van der Waals surface area contributed by atoms with E-state index in [0.717, 1.165) is 5.33 Å². The largest absolute Gasteiger partial charge is 0.369 e. The Morgan fingerprint density at radius 3 is 2.32 bits per heavy atom.